The van der Waals surface area contributed by atoms with E-state index >= 15 is 0 Å². The Morgan fingerprint density at radius 3 is 2.92 bits per heavy atom. The highest BCUT2D eigenvalue weighted by atomic mass is 16.6. The lowest BCUT2D eigenvalue weighted by Gasteiger charge is -2.21. The fourth-order valence-corrected chi connectivity index (χ4v) is 1.90. The van der Waals surface area contributed by atoms with Gasteiger partial charge in [-0.1, -0.05) is 13.3 Å². The summed E-state index contributed by atoms with van der Waals surface area (Å²) >= 11 is 0. The molecule has 1 aliphatic rings. The van der Waals surface area contributed by atoms with Crippen LogP contribution in [-0.4, -0.2) is 17.8 Å². The van der Waals surface area contributed by atoms with Crippen molar-refractivity contribution in [1.29, 1.82) is 0 Å². The van der Waals surface area contributed by atoms with Crippen LogP contribution in [0, 0.1) is 21.4 Å². The van der Waals surface area contributed by atoms with Gasteiger partial charge in [-0.2, -0.15) is 0 Å². The smallest absolute Gasteiger partial charge is 0.207 e. The van der Waals surface area contributed by atoms with E-state index in [9.17, 15) is 14.9 Å². The Labute approximate surface area is 71.1 Å². The molecule has 1 rings (SSSR count). The van der Waals surface area contributed by atoms with Gasteiger partial charge in [0.25, 0.3) is 0 Å². The normalized spacial score (nSPS) is 34.9. The summed E-state index contributed by atoms with van der Waals surface area (Å²) in [6.07, 6.45) is 3.44. The van der Waals surface area contributed by atoms with Gasteiger partial charge in [0.1, 0.15) is 6.29 Å². The zero-order valence-corrected chi connectivity index (χ0v) is 7.16. The summed E-state index contributed by atoms with van der Waals surface area (Å²) in [6, 6.07) is 0. The molecule has 0 aliphatic heterocycles. The predicted octanol–water partition coefficient (Wildman–Crippen LogP) is 1.27. The average Bonchev–Trinajstić information content (AvgIpc) is 2.33. The number of hydrogen-bond donors (Lipinski definition) is 0. The molecule has 4 heteroatoms. The van der Waals surface area contributed by atoms with Crippen molar-refractivity contribution in [2.24, 2.45) is 11.3 Å². The largest absolute Gasteiger partial charge is 0.303 e. The van der Waals surface area contributed by atoms with Crippen LogP contribution in [0.2, 0.25) is 0 Å². The molecule has 1 fully saturated rings. The third kappa shape index (κ3) is 1.62. The minimum atomic E-state index is -0.437. The van der Waals surface area contributed by atoms with Gasteiger partial charge in [0.2, 0.25) is 6.54 Å². The third-order valence-electron chi connectivity index (χ3n) is 2.84. The van der Waals surface area contributed by atoms with Crippen molar-refractivity contribution in [3.63, 3.8) is 0 Å². The van der Waals surface area contributed by atoms with Gasteiger partial charge in [0, 0.05) is 16.3 Å². The molecule has 0 unspecified atom stereocenters. The summed E-state index contributed by atoms with van der Waals surface area (Å²) in [4.78, 5) is 20.6. The standard InChI is InChI=1S/C8H13NO3/c1-8(6-10)4-2-3-7(8)5-9(11)12/h6-7H,2-5H2,1H3/t7-,8-/m0/s1. The number of nitro groups is 1. The van der Waals surface area contributed by atoms with E-state index in [0.717, 1.165) is 25.5 Å². The van der Waals surface area contributed by atoms with Gasteiger partial charge in [0.15, 0.2) is 0 Å². The van der Waals surface area contributed by atoms with Crippen molar-refractivity contribution in [2.45, 2.75) is 26.2 Å². The molecule has 2 atom stereocenters. The minimum Gasteiger partial charge on any atom is -0.303 e. The van der Waals surface area contributed by atoms with Gasteiger partial charge < -0.3 is 4.79 Å². The van der Waals surface area contributed by atoms with E-state index in [4.69, 9.17) is 0 Å². The fourth-order valence-electron chi connectivity index (χ4n) is 1.90. The van der Waals surface area contributed by atoms with E-state index in [1.165, 1.54) is 0 Å². The molecule has 68 valence electrons. The molecule has 0 amide bonds. The molecule has 0 heterocycles. The highest BCUT2D eigenvalue weighted by molar-refractivity contribution is 5.59. The average molecular weight is 171 g/mol. The van der Waals surface area contributed by atoms with Crippen LogP contribution in [0.4, 0.5) is 0 Å². The van der Waals surface area contributed by atoms with E-state index in [1.807, 2.05) is 6.92 Å². The highest BCUT2D eigenvalue weighted by Crippen LogP contribution is 2.41. The second kappa shape index (κ2) is 3.21. The van der Waals surface area contributed by atoms with Crippen molar-refractivity contribution in [1.82, 2.24) is 0 Å². The number of carbonyl (C=O) groups is 1. The molecule has 0 bridgehead atoms. The van der Waals surface area contributed by atoms with Crippen molar-refractivity contribution in [2.75, 3.05) is 6.54 Å². The lowest BCUT2D eigenvalue weighted by atomic mass is 9.81. The van der Waals surface area contributed by atoms with Crippen LogP contribution in [-0.2, 0) is 4.79 Å². The highest BCUT2D eigenvalue weighted by Gasteiger charge is 2.41. The quantitative estimate of drug-likeness (QED) is 0.365. The Kier molecular flexibility index (Phi) is 2.45. The summed E-state index contributed by atoms with van der Waals surface area (Å²) in [5.41, 5.74) is -0.437. The lowest BCUT2D eigenvalue weighted by molar-refractivity contribution is -0.490. The maximum absolute atomic E-state index is 10.7. The van der Waals surface area contributed by atoms with Crippen LogP contribution >= 0.6 is 0 Å². The Bertz CT molecular complexity index is 204. The number of nitrogens with zero attached hydrogens (tertiary/aromatic N) is 1. The van der Waals surface area contributed by atoms with Crippen LogP contribution < -0.4 is 0 Å². The topological polar surface area (TPSA) is 60.2 Å². The van der Waals surface area contributed by atoms with E-state index < -0.39 is 5.41 Å². The molecule has 0 aromatic rings. The van der Waals surface area contributed by atoms with Gasteiger partial charge in [0.05, 0.1) is 0 Å². The molecule has 12 heavy (non-hydrogen) atoms. The number of aldehydes is 1. The van der Waals surface area contributed by atoms with Gasteiger partial charge in [-0.05, 0) is 12.8 Å². The molecule has 1 aliphatic carbocycles. The molecule has 1 saturated carbocycles. The molecule has 0 aromatic heterocycles. The first-order valence-electron chi connectivity index (χ1n) is 4.16. The predicted molar refractivity (Wildman–Crippen MR) is 43.4 cm³/mol. The maximum atomic E-state index is 10.7. The third-order valence-corrected chi connectivity index (χ3v) is 2.84. The second-order valence-electron chi connectivity index (χ2n) is 3.73. The lowest BCUT2D eigenvalue weighted by Crippen LogP contribution is -2.28. The van der Waals surface area contributed by atoms with Crippen LogP contribution in [0.1, 0.15) is 26.2 Å². The zero-order chi connectivity index (χ0) is 9.19. The SMILES string of the molecule is C[C@@]1(C=O)CCC[C@H]1C[N+](=O)[O-]. The van der Waals surface area contributed by atoms with Crippen LogP contribution in [0.15, 0.2) is 0 Å². The summed E-state index contributed by atoms with van der Waals surface area (Å²) in [5, 5.41) is 10.2. The molecule has 0 aromatic carbocycles. The molecular weight excluding hydrogens is 158 g/mol. The molecule has 0 spiro atoms. The van der Waals surface area contributed by atoms with E-state index in [2.05, 4.69) is 0 Å². The summed E-state index contributed by atoms with van der Waals surface area (Å²) in [7, 11) is 0. The molecule has 0 N–H and O–H groups in total. The molecule has 4 nitrogen and oxygen atoms in total. The maximum Gasteiger partial charge on any atom is 0.207 e. The molecule has 0 radical (unpaired) electrons. The Balaban J connectivity index is 2.63. The van der Waals surface area contributed by atoms with Gasteiger partial charge in [-0.3, -0.25) is 10.1 Å². The zero-order valence-electron chi connectivity index (χ0n) is 7.16. The Hall–Kier alpha value is -0.930. The Morgan fingerprint density at radius 2 is 2.42 bits per heavy atom. The van der Waals surface area contributed by atoms with Gasteiger partial charge >= 0.3 is 0 Å². The van der Waals surface area contributed by atoms with Crippen molar-refractivity contribution < 1.29 is 9.72 Å². The van der Waals surface area contributed by atoms with Crippen molar-refractivity contribution >= 4 is 6.29 Å². The summed E-state index contributed by atoms with van der Waals surface area (Å²) in [5.74, 6) is -0.0509. The van der Waals surface area contributed by atoms with Crippen LogP contribution in [0.25, 0.3) is 0 Å². The van der Waals surface area contributed by atoms with Crippen molar-refractivity contribution in [3.8, 4) is 0 Å². The number of rotatable bonds is 3. The van der Waals surface area contributed by atoms with Gasteiger partial charge in [-0.25, -0.2) is 0 Å². The first-order valence-corrected chi connectivity index (χ1v) is 4.16. The van der Waals surface area contributed by atoms with E-state index in [1.54, 1.807) is 0 Å². The van der Waals surface area contributed by atoms with Crippen molar-refractivity contribution in [3.05, 3.63) is 10.1 Å². The minimum absolute atomic E-state index is 0.0509. The number of carbonyl (C=O) groups excluding carboxylic acids is 1. The van der Waals surface area contributed by atoms with Crippen LogP contribution in [0.5, 0.6) is 0 Å². The summed E-state index contributed by atoms with van der Waals surface area (Å²) < 4.78 is 0. The fraction of sp³-hybridized carbons (Fsp3) is 0.875. The van der Waals surface area contributed by atoms with E-state index in [-0.39, 0.29) is 17.4 Å². The first kappa shape index (κ1) is 9.16. The second-order valence-corrected chi connectivity index (χ2v) is 3.73. The van der Waals surface area contributed by atoms with E-state index in [0.29, 0.717) is 0 Å². The number of hydrogen-bond acceptors (Lipinski definition) is 3. The molecular formula is C8H13NO3. The first-order chi connectivity index (χ1) is 5.58. The summed E-state index contributed by atoms with van der Waals surface area (Å²) in [6.45, 7) is 1.76. The molecule has 0 saturated heterocycles. The van der Waals surface area contributed by atoms with Crippen LogP contribution in [0.3, 0.4) is 0 Å². The Morgan fingerprint density at radius 1 is 1.75 bits per heavy atom. The monoisotopic (exact) mass is 171 g/mol. The van der Waals surface area contributed by atoms with Gasteiger partial charge in [-0.15, -0.1) is 0 Å².